The van der Waals surface area contributed by atoms with Gasteiger partial charge in [-0.3, -0.25) is 4.55 Å². The van der Waals surface area contributed by atoms with Gasteiger partial charge in [0.05, 0.1) is 4.90 Å². The molecule has 0 amide bonds. The first-order chi connectivity index (χ1) is 7.90. The van der Waals surface area contributed by atoms with Crippen LogP contribution >= 0.6 is 0 Å². The Bertz CT molecular complexity index is 477. The molecule has 1 atom stereocenters. The van der Waals surface area contributed by atoms with E-state index in [9.17, 15) is 8.42 Å². The van der Waals surface area contributed by atoms with E-state index in [-0.39, 0.29) is 4.90 Å². The number of hydrogen-bond donors (Lipinski definition) is 1. The van der Waals surface area contributed by atoms with Crippen LogP contribution in [0.25, 0.3) is 0 Å². The quantitative estimate of drug-likeness (QED) is 0.820. The molecule has 0 saturated carbocycles. The third kappa shape index (κ3) is 3.54. The molecule has 17 heavy (non-hydrogen) atoms. The van der Waals surface area contributed by atoms with Gasteiger partial charge in [0, 0.05) is 0 Å². The molecule has 0 aliphatic heterocycles. The van der Waals surface area contributed by atoms with E-state index >= 15 is 0 Å². The summed E-state index contributed by atoms with van der Waals surface area (Å²) < 4.78 is 31.3. The maximum absolute atomic E-state index is 11.1. The molecule has 4 heteroatoms. The van der Waals surface area contributed by atoms with Gasteiger partial charge in [-0.15, -0.1) is 0 Å². The van der Waals surface area contributed by atoms with Crippen molar-refractivity contribution < 1.29 is 13.0 Å². The predicted octanol–water partition coefficient (Wildman–Crippen LogP) is 3.54. The second-order valence-electron chi connectivity index (χ2n) is 4.39. The fourth-order valence-corrected chi connectivity index (χ4v) is 2.66. The third-order valence-corrected chi connectivity index (χ3v) is 3.97. The lowest BCUT2D eigenvalue weighted by Gasteiger charge is -2.17. The summed E-state index contributed by atoms with van der Waals surface area (Å²) in [5.41, 5.74) is 2.11. The van der Waals surface area contributed by atoms with Gasteiger partial charge in [-0.25, -0.2) is 0 Å². The molecule has 0 aliphatic rings. The Hall–Kier alpha value is -0.870. The van der Waals surface area contributed by atoms with E-state index in [4.69, 9.17) is 4.55 Å². The highest BCUT2D eigenvalue weighted by atomic mass is 32.2. The fourth-order valence-electron chi connectivity index (χ4n) is 2.15. The smallest absolute Gasteiger partial charge is 0.282 e. The van der Waals surface area contributed by atoms with Crippen molar-refractivity contribution in [2.45, 2.75) is 50.8 Å². The highest BCUT2D eigenvalue weighted by Crippen LogP contribution is 2.29. The molecule has 1 aromatic rings. The van der Waals surface area contributed by atoms with E-state index in [0.29, 0.717) is 5.92 Å². The fraction of sp³-hybridized carbons (Fsp3) is 0.538. The van der Waals surface area contributed by atoms with Crippen molar-refractivity contribution in [3.05, 3.63) is 29.3 Å². The zero-order valence-corrected chi connectivity index (χ0v) is 11.4. The largest absolute Gasteiger partial charge is 0.294 e. The third-order valence-electron chi connectivity index (χ3n) is 3.12. The average molecular weight is 256 g/mol. The summed E-state index contributed by atoms with van der Waals surface area (Å²) in [6, 6.07) is 4.82. The molecule has 1 aromatic carbocycles. The van der Waals surface area contributed by atoms with E-state index in [1.54, 1.807) is 12.1 Å². The number of hydrogen-bond acceptors (Lipinski definition) is 2. The molecule has 0 aliphatic carbocycles. The van der Waals surface area contributed by atoms with Crippen molar-refractivity contribution >= 4 is 10.1 Å². The summed E-state index contributed by atoms with van der Waals surface area (Å²) in [5, 5.41) is 0. The van der Waals surface area contributed by atoms with Crippen molar-refractivity contribution in [1.82, 2.24) is 0 Å². The predicted molar refractivity (Wildman–Crippen MR) is 68.9 cm³/mol. The number of aryl methyl sites for hydroxylation is 1. The van der Waals surface area contributed by atoms with Gasteiger partial charge in [0.2, 0.25) is 0 Å². The first-order valence-corrected chi connectivity index (χ1v) is 7.42. The van der Waals surface area contributed by atoms with Crippen LogP contribution in [-0.4, -0.2) is 13.0 Å². The van der Waals surface area contributed by atoms with E-state index in [2.05, 4.69) is 13.8 Å². The maximum atomic E-state index is 11.1. The van der Waals surface area contributed by atoms with Crippen LogP contribution in [0.4, 0.5) is 0 Å². The number of benzene rings is 1. The second-order valence-corrected chi connectivity index (χ2v) is 5.81. The van der Waals surface area contributed by atoms with Crippen LogP contribution in [0.2, 0.25) is 0 Å². The van der Waals surface area contributed by atoms with E-state index in [1.807, 2.05) is 6.92 Å². The lowest BCUT2D eigenvalue weighted by molar-refractivity contribution is 0.482. The zero-order valence-electron chi connectivity index (χ0n) is 10.6. The van der Waals surface area contributed by atoms with Crippen LogP contribution in [0.3, 0.4) is 0 Å². The summed E-state index contributed by atoms with van der Waals surface area (Å²) in [6.07, 6.45) is 3.07. The molecule has 0 spiro atoms. The second kappa shape index (κ2) is 5.65. The molecule has 3 nitrogen and oxygen atoms in total. The van der Waals surface area contributed by atoms with Crippen molar-refractivity contribution in [2.24, 2.45) is 0 Å². The molecule has 1 N–H and O–H groups in total. The molecule has 0 bridgehead atoms. The maximum Gasteiger partial charge on any atom is 0.294 e. The van der Waals surface area contributed by atoms with Crippen LogP contribution in [0.15, 0.2) is 23.1 Å². The molecular weight excluding hydrogens is 236 g/mol. The highest BCUT2D eigenvalue weighted by molar-refractivity contribution is 7.85. The van der Waals surface area contributed by atoms with Gasteiger partial charge in [0.25, 0.3) is 10.1 Å². The molecule has 96 valence electrons. The summed E-state index contributed by atoms with van der Waals surface area (Å²) >= 11 is 0. The Morgan fingerprint density at radius 1 is 1.29 bits per heavy atom. The Kier molecular flexibility index (Phi) is 4.71. The van der Waals surface area contributed by atoms with E-state index < -0.39 is 10.1 Å². The molecule has 1 rings (SSSR count). The van der Waals surface area contributed by atoms with Crippen molar-refractivity contribution in [3.8, 4) is 0 Å². The average Bonchev–Trinajstić information content (AvgIpc) is 2.25. The van der Waals surface area contributed by atoms with Crippen molar-refractivity contribution in [3.63, 3.8) is 0 Å². The minimum atomic E-state index is -4.10. The van der Waals surface area contributed by atoms with Crippen LogP contribution < -0.4 is 0 Å². The lowest BCUT2D eigenvalue weighted by atomic mass is 9.89. The van der Waals surface area contributed by atoms with Gasteiger partial charge < -0.3 is 0 Å². The van der Waals surface area contributed by atoms with Crippen LogP contribution in [0.5, 0.6) is 0 Å². The topological polar surface area (TPSA) is 54.4 Å². The van der Waals surface area contributed by atoms with Crippen LogP contribution in [0, 0.1) is 6.92 Å². The van der Waals surface area contributed by atoms with E-state index in [1.165, 1.54) is 6.07 Å². The molecule has 0 saturated heterocycles. The van der Waals surface area contributed by atoms with Crippen molar-refractivity contribution in [1.29, 1.82) is 0 Å². The SMILES string of the molecule is CCCC(CC)c1cc(S(=O)(=O)O)ccc1C. The lowest BCUT2D eigenvalue weighted by Crippen LogP contribution is -2.04. The first-order valence-electron chi connectivity index (χ1n) is 5.98. The van der Waals surface area contributed by atoms with E-state index in [0.717, 1.165) is 30.4 Å². The van der Waals surface area contributed by atoms with Gasteiger partial charge >= 0.3 is 0 Å². The summed E-state index contributed by atoms with van der Waals surface area (Å²) in [5.74, 6) is 0.363. The van der Waals surface area contributed by atoms with Crippen molar-refractivity contribution in [2.75, 3.05) is 0 Å². The summed E-state index contributed by atoms with van der Waals surface area (Å²) in [7, 11) is -4.10. The zero-order chi connectivity index (χ0) is 13.1. The molecular formula is C13H20O3S. The summed E-state index contributed by atoms with van der Waals surface area (Å²) in [4.78, 5) is -0.00680. The van der Waals surface area contributed by atoms with Gasteiger partial charge in [0.15, 0.2) is 0 Å². The van der Waals surface area contributed by atoms with Gasteiger partial charge in [-0.1, -0.05) is 26.3 Å². The number of rotatable bonds is 5. The Balaban J connectivity index is 3.22. The van der Waals surface area contributed by atoms with Gasteiger partial charge in [-0.05, 0) is 48.9 Å². The minimum absolute atomic E-state index is 0.00680. The van der Waals surface area contributed by atoms with Crippen LogP contribution in [0.1, 0.15) is 50.2 Å². The highest BCUT2D eigenvalue weighted by Gasteiger charge is 2.16. The van der Waals surface area contributed by atoms with Gasteiger partial charge in [-0.2, -0.15) is 8.42 Å². The first kappa shape index (κ1) is 14.2. The molecule has 0 heterocycles. The molecule has 0 radical (unpaired) electrons. The normalized spacial score (nSPS) is 13.6. The Labute approximate surface area is 104 Å². The standard InChI is InChI=1S/C13H20O3S/c1-4-6-11(5-2)13-9-12(17(14,15)16)8-7-10(13)3/h7-9,11H,4-6H2,1-3H3,(H,14,15,16). The Morgan fingerprint density at radius 3 is 2.41 bits per heavy atom. The molecule has 0 fully saturated rings. The summed E-state index contributed by atoms with van der Waals surface area (Å²) in [6.45, 7) is 6.19. The van der Waals surface area contributed by atoms with Gasteiger partial charge in [0.1, 0.15) is 0 Å². The minimum Gasteiger partial charge on any atom is -0.282 e. The van der Waals surface area contributed by atoms with Crippen LogP contribution in [-0.2, 0) is 10.1 Å². The molecule has 0 aromatic heterocycles. The molecule has 1 unspecified atom stereocenters. The monoisotopic (exact) mass is 256 g/mol. The Morgan fingerprint density at radius 2 is 1.94 bits per heavy atom.